The zero-order valence-electron chi connectivity index (χ0n) is 18.2. The molecule has 1 fully saturated rings. The summed E-state index contributed by atoms with van der Waals surface area (Å²) in [5, 5.41) is 12.4. The SMILES string of the molecule is C=C1COCCN1c1ccc(N(CC(C)CNC(=O)c2ccc(O)s2)C(C)=O)cc1C. The van der Waals surface area contributed by atoms with Crippen LogP contribution in [0.15, 0.2) is 42.6 Å². The molecule has 3 rings (SSSR count). The van der Waals surface area contributed by atoms with Gasteiger partial charge in [-0.15, -0.1) is 0 Å². The number of rotatable bonds is 7. The van der Waals surface area contributed by atoms with Crippen molar-refractivity contribution >= 4 is 34.5 Å². The molecule has 7 nitrogen and oxygen atoms in total. The molecule has 166 valence electrons. The zero-order valence-corrected chi connectivity index (χ0v) is 19.0. The normalized spacial score (nSPS) is 14.9. The minimum Gasteiger partial charge on any atom is -0.499 e. The summed E-state index contributed by atoms with van der Waals surface area (Å²) >= 11 is 1.04. The lowest BCUT2D eigenvalue weighted by Crippen LogP contribution is -2.38. The summed E-state index contributed by atoms with van der Waals surface area (Å²) in [7, 11) is 0. The van der Waals surface area contributed by atoms with Crippen molar-refractivity contribution in [2.75, 3.05) is 42.6 Å². The van der Waals surface area contributed by atoms with E-state index in [1.807, 2.05) is 32.0 Å². The Morgan fingerprint density at radius 3 is 2.74 bits per heavy atom. The number of nitrogens with zero attached hydrogens (tertiary/aromatic N) is 2. The largest absolute Gasteiger partial charge is 0.499 e. The second kappa shape index (κ2) is 9.98. The Balaban J connectivity index is 1.65. The standard InChI is InChI=1S/C23H29N3O4S/c1-15(12-24-23(29)21-7-8-22(28)31-21)13-26(18(4)27)19-5-6-20(16(2)11-19)25-9-10-30-14-17(25)3/h5-8,11,15,28H,3,9-10,12-14H2,1-2,4H3,(H,24,29). The van der Waals surface area contributed by atoms with Gasteiger partial charge >= 0.3 is 0 Å². The highest BCUT2D eigenvalue weighted by atomic mass is 32.1. The third-order valence-electron chi connectivity index (χ3n) is 5.19. The third kappa shape index (κ3) is 5.65. The monoisotopic (exact) mass is 443 g/mol. The molecule has 1 unspecified atom stereocenters. The van der Waals surface area contributed by atoms with Gasteiger partial charge in [-0.3, -0.25) is 9.59 Å². The van der Waals surface area contributed by atoms with E-state index in [-0.39, 0.29) is 22.8 Å². The Morgan fingerprint density at radius 1 is 1.35 bits per heavy atom. The summed E-state index contributed by atoms with van der Waals surface area (Å²) in [5.41, 5.74) is 3.88. The topological polar surface area (TPSA) is 82.1 Å². The van der Waals surface area contributed by atoms with Gasteiger partial charge < -0.3 is 25.0 Å². The summed E-state index contributed by atoms with van der Waals surface area (Å²) < 4.78 is 5.44. The molecule has 2 aromatic rings. The average molecular weight is 444 g/mol. The quantitative estimate of drug-likeness (QED) is 0.684. The first-order valence-electron chi connectivity index (χ1n) is 10.2. The van der Waals surface area contributed by atoms with Crippen LogP contribution in [0.3, 0.4) is 0 Å². The fourth-order valence-electron chi connectivity index (χ4n) is 3.58. The molecule has 0 saturated carbocycles. The second-order valence-corrected chi connectivity index (χ2v) is 8.89. The van der Waals surface area contributed by atoms with Gasteiger partial charge in [-0.05, 0) is 48.7 Å². The first-order chi connectivity index (χ1) is 14.8. The van der Waals surface area contributed by atoms with Crippen LogP contribution in [0.2, 0.25) is 0 Å². The van der Waals surface area contributed by atoms with Gasteiger partial charge in [0.15, 0.2) is 5.06 Å². The number of carbonyl (C=O) groups is 2. The van der Waals surface area contributed by atoms with Crippen LogP contribution in [-0.2, 0) is 9.53 Å². The van der Waals surface area contributed by atoms with Gasteiger partial charge in [-0.2, -0.15) is 0 Å². The van der Waals surface area contributed by atoms with Gasteiger partial charge in [0.05, 0.1) is 18.1 Å². The van der Waals surface area contributed by atoms with E-state index in [1.54, 1.807) is 17.9 Å². The molecule has 31 heavy (non-hydrogen) atoms. The van der Waals surface area contributed by atoms with E-state index in [0.29, 0.717) is 31.2 Å². The number of hydrogen-bond donors (Lipinski definition) is 2. The number of hydrogen-bond acceptors (Lipinski definition) is 6. The van der Waals surface area contributed by atoms with Gasteiger partial charge in [-0.1, -0.05) is 24.8 Å². The van der Waals surface area contributed by atoms with Crippen LogP contribution >= 0.6 is 11.3 Å². The summed E-state index contributed by atoms with van der Waals surface area (Å²) in [6, 6.07) is 9.08. The van der Waals surface area contributed by atoms with E-state index in [9.17, 15) is 14.7 Å². The van der Waals surface area contributed by atoms with Crippen LogP contribution < -0.4 is 15.1 Å². The Labute approximate surface area is 186 Å². The van der Waals surface area contributed by atoms with Crippen molar-refractivity contribution in [2.24, 2.45) is 5.92 Å². The summed E-state index contributed by atoms with van der Waals surface area (Å²) in [5.74, 6) is -0.234. The predicted molar refractivity (Wildman–Crippen MR) is 124 cm³/mol. The van der Waals surface area contributed by atoms with Gasteiger partial charge in [-0.25, -0.2) is 0 Å². The minimum absolute atomic E-state index is 0.0420. The number of ether oxygens (including phenoxy) is 1. The number of aryl methyl sites for hydroxylation is 1. The lowest BCUT2D eigenvalue weighted by molar-refractivity contribution is -0.116. The van der Waals surface area contributed by atoms with Crippen molar-refractivity contribution in [1.29, 1.82) is 0 Å². The highest BCUT2D eigenvalue weighted by Crippen LogP contribution is 2.29. The molecular formula is C23H29N3O4S. The molecule has 0 aliphatic carbocycles. The van der Waals surface area contributed by atoms with Crippen molar-refractivity contribution in [1.82, 2.24) is 5.32 Å². The number of morpholine rings is 1. The summed E-state index contributed by atoms with van der Waals surface area (Å²) in [6.07, 6.45) is 0. The highest BCUT2D eigenvalue weighted by molar-refractivity contribution is 7.15. The molecule has 1 saturated heterocycles. The molecule has 1 aromatic heterocycles. The van der Waals surface area contributed by atoms with E-state index in [1.165, 1.54) is 6.07 Å². The Hall–Kier alpha value is -2.84. The van der Waals surface area contributed by atoms with Crippen LogP contribution in [0.4, 0.5) is 11.4 Å². The minimum atomic E-state index is -0.225. The van der Waals surface area contributed by atoms with Crippen molar-refractivity contribution in [2.45, 2.75) is 20.8 Å². The first kappa shape index (κ1) is 22.8. The molecule has 1 atom stereocenters. The number of carbonyl (C=O) groups excluding carboxylic acids is 2. The molecule has 0 bridgehead atoms. The van der Waals surface area contributed by atoms with E-state index < -0.39 is 0 Å². The van der Waals surface area contributed by atoms with Gasteiger partial charge in [0, 0.05) is 43.6 Å². The maximum absolute atomic E-state index is 12.4. The molecule has 1 aromatic carbocycles. The number of nitrogens with one attached hydrogen (secondary N) is 1. The maximum Gasteiger partial charge on any atom is 0.261 e. The van der Waals surface area contributed by atoms with Crippen molar-refractivity contribution in [3.05, 3.63) is 53.0 Å². The van der Waals surface area contributed by atoms with Crippen LogP contribution in [0.25, 0.3) is 0 Å². The highest BCUT2D eigenvalue weighted by Gasteiger charge is 2.20. The number of benzene rings is 1. The molecule has 2 heterocycles. The Bertz CT molecular complexity index is 971. The zero-order chi connectivity index (χ0) is 22.5. The van der Waals surface area contributed by atoms with Crippen LogP contribution in [0, 0.1) is 12.8 Å². The molecular weight excluding hydrogens is 414 g/mol. The predicted octanol–water partition coefficient (Wildman–Crippen LogP) is 3.53. The maximum atomic E-state index is 12.4. The molecule has 0 radical (unpaired) electrons. The van der Waals surface area contributed by atoms with Crippen molar-refractivity contribution in [3.63, 3.8) is 0 Å². The molecule has 1 aliphatic heterocycles. The second-order valence-electron chi connectivity index (χ2n) is 7.82. The van der Waals surface area contributed by atoms with Gasteiger partial charge in [0.25, 0.3) is 5.91 Å². The van der Waals surface area contributed by atoms with E-state index in [4.69, 9.17) is 4.74 Å². The fraction of sp³-hybridized carbons (Fsp3) is 0.391. The van der Waals surface area contributed by atoms with Gasteiger partial charge in [0.2, 0.25) is 5.91 Å². The smallest absolute Gasteiger partial charge is 0.261 e. The average Bonchev–Trinajstić information content (AvgIpc) is 3.17. The van der Waals surface area contributed by atoms with Crippen molar-refractivity contribution in [3.8, 4) is 5.06 Å². The van der Waals surface area contributed by atoms with Crippen LogP contribution in [0.5, 0.6) is 5.06 Å². The molecule has 8 heteroatoms. The molecule has 0 spiro atoms. The van der Waals surface area contributed by atoms with Crippen LogP contribution in [-0.4, -0.2) is 49.8 Å². The summed E-state index contributed by atoms with van der Waals surface area (Å²) in [4.78, 5) is 28.9. The number of thiophene rings is 1. The molecule has 1 aliphatic rings. The lowest BCUT2D eigenvalue weighted by atomic mass is 10.1. The van der Waals surface area contributed by atoms with Crippen molar-refractivity contribution < 1.29 is 19.4 Å². The lowest BCUT2D eigenvalue weighted by Gasteiger charge is -2.33. The fourth-order valence-corrected chi connectivity index (χ4v) is 4.24. The Kier molecular flexibility index (Phi) is 7.35. The number of aromatic hydroxyl groups is 1. The van der Waals surface area contributed by atoms with E-state index in [2.05, 4.69) is 16.8 Å². The van der Waals surface area contributed by atoms with E-state index >= 15 is 0 Å². The Morgan fingerprint density at radius 2 is 2.13 bits per heavy atom. The third-order valence-corrected chi connectivity index (χ3v) is 6.08. The summed E-state index contributed by atoms with van der Waals surface area (Å²) in [6.45, 7) is 12.5. The van der Waals surface area contributed by atoms with Gasteiger partial charge in [0.1, 0.15) is 0 Å². The first-order valence-corrected chi connectivity index (χ1v) is 11.1. The van der Waals surface area contributed by atoms with Crippen LogP contribution in [0.1, 0.15) is 29.1 Å². The molecule has 2 amide bonds. The number of amides is 2. The molecule has 2 N–H and O–H groups in total. The van der Waals surface area contributed by atoms with E-state index in [0.717, 1.165) is 40.5 Å². The number of anilines is 2.